The number of amides is 4. The first kappa shape index (κ1) is 49.4. The molecule has 0 radical (unpaired) electrons. The third kappa shape index (κ3) is 14.1. The minimum atomic E-state index is -0.870. The molecule has 0 aliphatic carbocycles. The number of phenolic OH excluding ortho intramolecular Hbond substituents is 1. The van der Waals surface area contributed by atoms with Crippen LogP contribution in [0.25, 0.3) is 11.0 Å². The molecule has 13 heteroatoms. The molecule has 0 atom stereocenters. The number of nitrogens with two attached hydrogens (primary N) is 1. The predicted molar refractivity (Wildman–Crippen MR) is 260 cm³/mol. The summed E-state index contributed by atoms with van der Waals surface area (Å²) in [6, 6.07) is 37.8. The number of nitrogens with zero attached hydrogens (tertiary/aromatic N) is 2. The van der Waals surface area contributed by atoms with Gasteiger partial charge in [-0.2, -0.15) is 0 Å². The first-order valence-electron chi connectivity index (χ1n) is 19.8. The number of hydrogen-bond donors (Lipinski definition) is 3. The van der Waals surface area contributed by atoms with Crippen LogP contribution in [0.15, 0.2) is 132 Å². The van der Waals surface area contributed by atoms with E-state index in [-0.39, 0.29) is 23.6 Å². The number of carbonyl (C=O) groups is 5. The van der Waals surface area contributed by atoms with Crippen LogP contribution in [0, 0.1) is 31.8 Å². The minimum absolute atomic E-state index is 0.199. The first-order valence-corrected chi connectivity index (χ1v) is 21.9. The number of aromatic carboxylic acids is 1. The number of para-hydroxylation sites is 2. The fraction of sp³-hybridized carbons (Fsp3) is 0.180. The van der Waals surface area contributed by atoms with Gasteiger partial charge in [0.2, 0.25) is 0 Å². The Kier molecular flexibility index (Phi) is 20.1. The average molecular weight is 1070 g/mol. The molecule has 11 nitrogen and oxygen atoms in total. The highest BCUT2D eigenvalue weighted by atomic mass is 127. The van der Waals surface area contributed by atoms with Gasteiger partial charge in [0, 0.05) is 41.3 Å². The number of terminal acetylenes is 2. The highest BCUT2D eigenvalue weighted by Crippen LogP contribution is 2.25. The Balaban J connectivity index is 0.000000189. The molecule has 2 aliphatic heterocycles. The van der Waals surface area contributed by atoms with Crippen molar-refractivity contribution in [2.45, 2.75) is 38.5 Å². The number of carboxylic acid groups (broad SMARTS) is 1. The van der Waals surface area contributed by atoms with Crippen LogP contribution in [0.5, 0.6) is 5.75 Å². The lowest BCUT2D eigenvalue weighted by Crippen LogP contribution is -2.30. The Morgan fingerprint density at radius 1 is 0.619 bits per heavy atom. The molecule has 0 saturated carbocycles. The van der Waals surface area contributed by atoms with E-state index in [0.29, 0.717) is 78.9 Å². The summed E-state index contributed by atoms with van der Waals surface area (Å²) in [7, 11) is 0. The van der Waals surface area contributed by atoms with Gasteiger partial charge >= 0.3 is 5.97 Å². The molecule has 0 spiro atoms. The fourth-order valence-corrected chi connectivity index (χ4v) is 7.09. The standard InChI is InChI=1S/C19H15NO3.C13H11NO2.C7H5IO2.C6H5IO.C5H9N/c21-18-15-8-2-3-9-16(15)19(22)20(18)11-5-7-14-12-13-6-1-4-10-17(13)23-14;1-2-3-6-9-14-12(15)10-7-4-5-8-11(10)13(14)16;8-6-4-2-1-3-5(6)7(9)10;7-5-3-1-2-4-6(5)8;1-2-3-4-5-6/h1-4,6,8-10,12H,5,7,11H2;1,4-5,7-8H,3,6,9H2;1-4H,(H,9,10);1-4,8H;1H,3-6H2. The Morgan fingerprint density at radius 2 is 1.06 bits per heavy atom. The second kappa shape index (κ2) is 25.6. The van der Waals surface area contributed by atoms with E-state index in [0.717, 1.165) is 36.7 Å². The maximum atomic E-state index is 12.3. The Morgan fingerprint density at radius 3 is 1.48 bits per heavy atom. The number of halogens is 2. The van der Waals surface area contributed by atoms with Crippen molar-refractivity contribution < 1.29 is 38.6 Å². The number of aryl methyl sites for hydroxylation is 1. The molecule has 6 aromatic rings. The van der Waals surface area contributed by atoms with Crippen molar-refractivity contribution in [1.29, 1.82) is 0 Å². The smallest absolute Gasteiger partial charge is 0.336 e. The van der Waals surface area contributed by atoms with Gasteiger partial charge in [0.05, 0.1) is 31.4 Å². The molecule has 4 amide bonds. The maximum Gasteiger partial charge on any atom is 0.336 e. The van der Waals surface area contributed by atoms with E-state index in [1.165, 1.54) is 9.80 Å². The van der Waals surface area contributed by atoms with E-state index in [9.17, 15) is 24.0 Å². The number of fused-ring (bicyclic) bond motifs is 3. The molecule has 0 unspecified atom stereocenters. The second-order valence-electron chi connectivity index (χ2n) is 13.6. The summed E-state index contributed by atoms with van der Waals surface area (Å²) in [5.41, 5.74) is 8.34. The molecule has 4 N–H and O–H groups in total. The monoisotopic (exact) mass is 1070 g/mol. The second-order valence-corrected chi connectivity index (χ2v) is 15.9. The molecule has 5 aromatic carbocycles. The SMILES string of the molecule is C#CCCCN.C#CCCCN1C(=O)c2ccccc2C1=O.O=C(O)c1ccccc1I.O=C1c2ccccc2C(=O)N1CCCc1cc2ccccc2o1.Oc1ccccc1I. The molecule has 1 aromatic heterocycles. The third-order valence-corrected chi connectivity index (χ3v) is 11.1. The van der Waals surface area contributed by atoms with Crippen molar-refractivity contribution in [2.75, 3.05) is 19.6 Å². The molecule has 0 saturated heterocycles. The van der Waals surface area contributed by atoms with Gasteiger partial charge < -0.3 is 20.4 Å². The van der Waals surface area contributed by atoms with Gasteiger partial charge in [-0.15, -0.1) is 24.7 Å². The van der Waals surface area contributed by atoms with E-state index in [1.807, 2.05) is 71.1 Å². The van der Waals surface area contributed by atoms with Crippen LogP contribution in [0.1, 0.15) is 89.7 Å². The highest BCUT2D eigenvalue weighted by molar-refractivity contribution is 14.1. The zero-order chi connectivity index (χ0) is 45.7. The minimum Gasteiger partial charge on any atom is -0.507 e. The molecule has 322 valence electrons. The van der Waals surface area contributed by atoms with E-state index in [2.05, 4.69) is 34.4 Å². The maximum absolute atomic E-state index is 12.3. The lowest BCUT2D eigenvalue weighted by molar-refractivity contribution is 0.0637. The van der Waals surface area contributed by atoms with E-state index in [4.69, 9.17) is 33.2 Å². The number of hydrogen-bond acceptors (Lipinski definition) is 8. The van der Waals surface area contributed by atoms with Crippen molar-refractivity contribution in [3.8, 4) is 30.4 Å². The Hall–Kier alpha value is -6.27. The van der Waals surface area contributed by atoms with E-state index < -0.39 is 5.97 Å². The number of furan rings is 1. The predicted octanol–water partition coefficient (Wildman–Crippen LogP) is 9.70. The van der Waals surface area contributed by atoms with Crippen molar-refractivity contribution in [1.82, 2.24) is 9.80 Å². The number of unbranched alkanes of at least 4 members (excludes halogenated alkanes) is 2. The van der Waals surface area contributed by atoms with Crippen molar-refractivity contribution >= 4 is 85.7 Å². The molecule has 8 rings (SSSR count). The van der Waals surface area contributed by atoms with Crippen molar-refractivity contribution in [2.24, 2.45) is 5.73 Å². The largest absolute Gasteiger partial charge is 0.507 e. The third-order valence-electron chi connectivity index (χ3n) is 9.22. The van der Waals surface area contributed by atoms with Crippen LogP contribution >= 0.6 is 45.2 Å². The van der Waals surface area contributed by atoms with Gasteiger partial charge in [0.1, 0.15) is 17.1 Å². The molecule has 0 fully saturated rings. The topological polar surface area (TPSA) is 171 Å². The molecular weight excluding hydrogens is 1020 g/mol. The molecule has 2 aliphatic rings. The fourth-order valence-electron chi connectivity index (χ4n) is 6.09. The Bertz CT molecular complexity index is 2500. The summed E-state index contributed by atoms with van der Waals surface area (Å²) in [6.45, 7) is 1.52. The summed E-state index contributed by atoms with van der Waals surface area (Å²) >= 11 is 4.07. The summed E-state index contributed by atoms with van der Waals surface area (Å²) in [4.78, 5) is 61.3. The zero-order valence-electron chi connectivity index (χ0n) is 34.2. The van der Waals surface area contributed by atoms with Crippen LogP contribution in [-0.4, -0.2) is 69.2 Å². The van der Waals surface area contributed by atoms with Gasteiger partial charge in [-0.1, -0.05) is 66.7 Å². The number of carbonyl (C=O) groups excluding carboxylic acids is 4. The molecular formula is C50H45I2N3O8. The van der Waals surface area contributed by atoms with Crippen molar-refractivity contribution in [3.05, 3.63) is 168 Å². The molecule has 3 heterocycles. The van der Waals surface area contributed by atoms with Gasteiger partial charge in [-0.3, -0.25) is 29.0 Å². The number of aromatic hydroxyl groups is 1. The van der Waals surface area contributed by atoms with Gasteiger partial charge in [-0.05, 0) is 132 Å². The summed E-state index contributed by atoms with van der Waals surface area (Å²) in [5, 5.41) is 18.5. The first-order chi connectivity index (χ1) is 30.4. The lowest BCUT2D eigenvalue weighted by atomic mass is 10.1. The van der Waals surface area contributed by atoms with Crippen LogP contribution < -0.4 is 5.73 Å². The number of rotatable bonds is 10. The van der Waals surface area contributed by atoms with Gasteiger partial charge in [-0.25, -0.2) is 4.79 Å². The molecule has 63 heavy (non-hydrogen) atoms. The lowest BCUT2D eigenvalue weighted by Gasteiger charge is -2.12. The summed E-state index contributed by atoms with van der Waals surface area (Å²) in [6.07, 6.45) is 14.4. The highest BCUT2D eigenvalue weighted by Gasteiger charge is 2.35. The van der Waals surface area contributed by atoms with Gasteiger partial charge in [0.25, 0.3) is 23.6 Å². The summed E-state index contributed by atoms with van der Waals surface area (Å²) in [5.74, 6) is 4.52. The molecule has 0 bridgehead atoms. The Labute approximate surface area is 393 Å². The van der Waals surface area contributed by atoms with Crippen LogP contribution in [-0.2, 0) is 6.42 Å². The summed E-state index contributed by atoms with van der Waals surface area (Å²) < 4.78 is 7.42. The number of carboxylic acids is 1. The van der Waals surface area contributed by atoms with Crippen molar-refractivity contribution in [3.63, 3.8) is 0 Å². The number of phenols is 1. The van der Waals surface area contributed by atoms with Gasteiger partial charge in [0.15, 0.2) is 0 Å². The van der Waals surface area contributed by atoms with Crippen LogP contribution in [0.4, 0.5) is 0 Å². The van der Waals surface area contributed by atoms with Crippen LogP contribution in [0.3, 0.4) is 0 Å². The number of imide groups is 2. The average Bonchev–Trinajstić information content (AvgIpc) is 3.90. The normalized spacial score (nSPS) is 11.9. The van der Waals surface area contributed by atoms with E-state index >= 15 is 0 Å². The zero-order valence-corrected chi connectivity index (χ0v) is 38.5. The number of benzene rings is 5. The van der Waals surface area contributed by atoms with E-state index in [1.54, 1.807) is 78.9 Å². The quantitative estimate of drug-likeness (QED) is 0.0523. The van der Waals surface area contributed by atoms with Crippen LogP contribution in [0.2, 0.25) is 0 Å².